The number of hydrogen-bond donors (Lipinski definition) is 2. The molecule has 0 fully saturated rings. The zero-order valence-electron chi connectivity index (χ0n) is 13.1. The van der Waals surface area contributed by atoms with Crippen LogP contribution in [0.1, 0.15) is 6.92 Å². The van der Waals surface area contributed by atoms with Crippen molar-refractivity contribution >= 4 is 45.0 Å². The summed E-state index contributed by atoms with van der Waals surface area (Å²) in [4.78, 5) is 13.3. The molecular weight excluding hydrogens is 368 g/mol. The SMILES string of the molecule is CSc1ccc(NC(=O)[C@H](C)NS(=O)(=O)c2ccc(Cl)cc2)cc1. The Balaban J connectivity index is 2.03. The normalized spacial score (nSPS) is 12.6. The van der Waals surface area contributed by atoms with E-state index < -0.39 is 22.0 Å². The average molecular weight is 385 g/mol. The van der Waals surface area contributed by atoms with Crippen LogP contribution < -0.4 is 10.0 Å². The predicted molar refractivity (Wildman–Crippen MR) is 98.1 cm³/mol. The third kappa shape index (κ3) is 4.98. The molecule has 0 aliphatic carbocycles. The van der Waals surface area contributed by atoms with Crippen molar-refractivity contribution in [2.75, 3.05) is 11.6 Å². The molecule has 2 N–H and O–H groups in total. The van der Waals surface area contributed by atoms with Gasteiger partial charge in [-0.1, -0.05) is 11.6 Å². The molecule has 8 heteroatoms. The Morgan fingerprint density at radius 2 is 1.67 bits per heavy atom. The monoisotopic (exact) mass is 384 g/mol. The van der Waals surface area contributed by atoms with E-state index in [1.807, 2.05) is 18.4 Å². The van der Waals surface area contributed by atoms with E-state index in [-0.39, 0.29) is 4.90 Å². The van der Waals surface area contributed by atoms with E-state index in [0.717, 1.165) is 4.90 Å². The summed E-state index contributed by atoms with van der Waals surface area (Å²) in [6.07, 6.45) is 1.96. The molecule has 0 aromatic heterocycles. The number of carbonyl (C=O) groups excluding carboxylic acids is 1. The molecular formula is C16H17ClN2O3S2. The van der Waals surface area contributed by atoms with E-state index in [1.165, 1.54) is 31.2 Å². The van der Waals surface area contributed by atoms with E-state index in [9.17, 15) is 13.2 Å². The second-order valence-electron chi connectivity index (χ2n) is 5.01. The van der Waals surface area contributed by atoms with Gasteiger partial charge in [-0.05, 0) is 61.7 Å². The highest BCUT2D eigenvalue weighted by molar-refractivity contribution is 7.98. The molecule has 2 aromatic rings. The lowest BCUT2D eigenvalue weighted by atomic mass is 10.3. The Kier molecular flexibility index (Phi) is 6.28. The third-order valence-electron chi connectivity index (χ3n) is 3.21. The number of anilines is 1. The summed E-state index contributed by atoms with van der Waals surface area (Å²) < 4.78 is 26.9. The number of benzene rings is 2. The predicted octanol–water partition coefficient (Wildman–Crippen LogP) is 3.37. The molecule has 0 saturated heterocycles. The Morgan fingerprint density at radius 3 is 2.21 bits per heavy atom. The highest BCUT2D eigenvalue weighted by atomic mass is 35.5. The number of rotatable bonds is 6. The minimum atomic E-state index is -3.80. The lowest BCUT2D eigenvalue weighted by Gasteiger charge is -2.14. The summed E-state index contributed by atoms with van der Waals surface area (Å²) in [7, 11) is -3.80. The van der Waals surface area contributed by atoms with Crippen LogP contribution in [0, 0.1) is 0 Å². The Hall–Kier alpha value is -1.54. The highest BCUT2D eigenvalue weighted by Crippen LogP contribution is 2.18. The van der Waals surface area contributed by atoms with Gasteiger partial charge in [0.05, 0.1) is 10.9 Å². The molecule has 0 aliphatic rings. The molecule has 1 atom stereocenters. The zero-order chi connectivity index (χ0) is 17.7. The number of amides is 1. The van der Waals surface area contributed by atoms with Gasteiger partial charge in [-0.3, -0.25) is 4.79 Å². The first kappa shape index (κ1) is 18.8. The summed E-state index contributed by atoms with van der Waals surface area (Å²) in [5, 5.41) is 3.12. The maximum atomic E-state index is 12.3. The van der Waals surface area contributed by atoms with Crippen molar-refractivity contribution in [2.24, 2.45) is 0 Å². The number of halogens is 1. The molecule has 0 unspecified atom stereocenters. The van der Waals surface area contributed by atoms with Crippen molar-refractivity contribution in [3.8, 4) is 0 Å². The highest BCUT2D eigenvalue weighted by Gasteiger charge is 2.22. The first-order valence-corrected chi connectivity index (χ1v) is 10.1. The van der Waals surface area contributed by atoms with Crippen LogP contribution in [-0.4, -0.2) is 26.6 Å². The molecule has 2 aromatic carbocycles. The van der Waals surface area contributed by atoms with Crippen LogP contribution in [0.4, 0.5) is 5.69 Å². The summed E-state index contributed by atoms with van der Waals surface area (Å²) in [5.74, 6) is -0.440. The summed E-state index contributed by atoms with van der Waals surface area (Å²) in [5.41, 5.74) is 0.607. The molecule has 0 spiro atoms. The van der Waals surface area contributed by atoms with Crippen molar-refractivity contribution in [3.63, 3.8) is 0 Å². The number of carbonyl (C=O) groups is 1. The van der Waals surface area contributed by atoms with Gasteiger partial charge in [-0.2, -0.15) is 4.72 Å². The fourth-order valence-electron chi connectivity index (χ4n) is 1.89. The lowest BCUT2D eigenvalue weighted by Crippen LogP contribution is -2.41. The molecule has 24 heavy (non-hydrogen) atoms. The second kappa shape index (κ2) is 8.02. The third-order valence-corrected chi connectivity index (χ3v) is 5.76. The minimum Gasteiger partial charge on any atom is -0.325 e. The molecule has 5 nitrogen and oxygen atoms in total. The van der Waals surface area contributed by atoms with Crippen LogP contribution in [0.25, 0.3) is 0 Å². The van der Waals surface area contributed by atoms with Gasteiger partial charge >= 0.3 is 0 Å². The molecule has 0 bridgehead atoms. The van der Waals surface area contributed by atoms with Crippen molar-refractivity contribution in [1.29, 1.82) is 0 Å². The van der Waals surface area contributed by atoms with Gasteiger partial charge in [-0.15, -0.1) is 11.8 Å². The Labute approximate surface area is 150 Å². The Bertz CT molecular complexity index is 806. The van der Waals surface area contributed by atoms with Gasteiger partial charge in [0, 0.05) is 15.6 Å². The Morgan fingerprint density at radius 1 is 1.08 bits per heavy atom. The van der Waals surface area contributed by atoms with Crippen molar-refractivity contribution in [3.05, 3.63) is 53.6 Å². The number of hydrogen-bond acceptors (Lipinski definition) is 4. The second-order valence-corrected chi connectivity index (χ2v) is 8.04. The quantitative estimate of drug-likeness (QED) is 0.749. The smallest absolute Gasteiger partial charge is 0.242 e. The molecule has 0 heterocycles. The van der Waals surface area contributed by atoms with E-state index in [0.29, 0.717) is 10.7 Å². The fraction of sp³-hybridized carbons (Fsp3) is 0.188. The maximum Gasteiger partial charge on any atom is 0.242 e. The summed E-state index contributed by atoms with van der Waals surface area (Å²) in [6, 6.07) is 12.1. The van der Waals surface area contributed by atoms with Crippen LogP contribution >= 0.6 is 23.4 Å². The summed E-state index contributed by atoms with van der Waals surface area (Å²) >= 11 is 7.34. The van der Waals surface area contributed by atoms with Crippen molar-refractivity contribution in [1.82, 2.24) is 4.72 Å². The molecule has 0 aliphatic heterocycles. The number of sulfonamides is 1. The molecule has 0 saturated carbocycles. The van der Waals surface area contributed by atoms with Crippen LogP contribution in [0.15, 0.2) is 58.3 Å². The van der Waals surface area contributed by atoms with Crippen LogP contribution in [0.3, 0.4) is 0 Å². The van der Waals surface area contributed by atoms with Crippen molar-refractivity contribution in [2.45, 2.75) is 22.8 Å². The van der Waals surface area contributed by atoms with E-state index in [2.05, 4.69) is 10.0 Å². The first-order valence-electron chi connectivity index (χ1n) is 7.04. The van der Waals surface area contributed by atoms with Gasteiger partial charge < -0.3 is 5.32 Å². The van der Waals surface area contributed by atoms with Crippen LogP contribution in [-0.2, 0) is 14.8 Å². The summed E-state index contributed by atoms with van der Waals surface area (Å²) in [6.45, 7) is 1.49. The van der Waals surface area contributed by atoms with E-state index >= 15 is 0 Å². The van der Waals surface area contributed by atoms with Gasteiger partial charge in [0.1, 0.15) is 0 Å². The minimum absolute atomic E-state index is 0.0517. The number of nitrogens with one attached hydrogen (secondary N) is 2. The van der Waals surface area contributed by atoms with E-state index in [1.54, 1.807) is 23.9 Å². The van der Waals surface area contributed by atoms with Gasteiger partial charge in [0.25, 0.3) is 0 Å². The average Bonchev–Trinajstić information content (AvgIpc) is 2.55. The molecule has 0 radical (unpaired) electrons. The van der Waals surface area contributed by atoms with Crippen LogP contribution in [0.5, 0.6) is 0 Å². The largest absolute Gasteiger partial charge is 0.325 e. The first-order chi connectivity index (χ1) is 11.3. The molecule has 128 valence electrons. The number of thioether (sulfide) groups is 1. The van der Waals surface area contributed by atoms with Crippen LogP contribution in [0.2, 0.25) is 5.02 Å². The fourth-order valence-corrected chi connectivity index (χ4v) is 3.63. The van der Waals surface area contributed by atoms with Gasteiger partial charge in [-0.25, -0.2) is 8.42 Å². The zero-order valence-corrected chi connectivity index (χ0v) is 15.5. The lowest BCUT2D eigenvalue weighted by molar-refractivity contribution is -0.117. The molecule has 2 rings (SSSR count). The van der Waals surface area contributed by atoms with Gasteiger partial charge in [0.15, 0.2) is 0 Å². The maximum absolute atomic E-state index is 12.3. The standard InChI is InChI=1S/C16H17ClN2O3S2/c1-11(16(20)18-13-5-7-14(23-2)8-6-13)19-24(21,22)15-9-3-12(17)4-10-15/h3-11,19H,1-2H3,(H,18,20)/t11-/m0/s1. The topological polar surface area (TPSA) is 75.3 Å². The van der Waals surface area contributed by atoms with Gasteiger partial charge in [0.2, 0.25) is 15.9 Å². The molecule has 1 amide bonds. The van der Waals surface area contributed by atoms with E-state index in [4.69, 9.17) is 11.6 Å². The van der Waals surface area contributed by atoms with Crippen molar-refractivity contribution < 1.29 is 13.2 Å².